The number of ketones is 1. The van der Waals surface area contributed by atoms with Crippen LogP contribution >= 0.6 is 0 Å². The molecule has 0 bridgehead atoms. The predicted molar refractivity (Wildman–Crippen MR) is 111 cm³/mol. The average molecular weight is 386 g/mol. The fourth-order valence-corrected chi connectivity index (χ4v) is 3.55. The number of hydrogen-bond acceptors (Lipinski definition) is 4. The minimum absolute atomic E-state index is 0.0449. The summed E-state index contributed by atoms with van der Waals surface area (Å²) in [6, 6.07) is 17.2. The molecule has 1 aromatic heterocycles. The number of carbonyl (C=O) groups excluding carboxylic acids is 2. The molecule has 1 amide bonds. The molecule has 3 aromatic rings. The summed E-state index contributed by atoms with van der Waals surface area (Å²) in [6.45, 7) is 3.88. The third-order valence-electron chi connectivity index (χ3n) is 5.08. The normalized spacial score (nSPS) is 14.8. The van der Waals surface area contributed by atoms with Crippen molar-refractivity contribution in [2.75, 3.05) is 6.54 Å². The minimum Gasteiger partial charge on any atom is -0.488 e. The lowest BCUT2D eigenvalue weighted by Gasteiger charge is -2.12. The summed E-state index contributed by atoms with van der Waals surface area (Å²) >= 11 is 0. The molecule has 0 spiro atoms. The van der Waals surface area contributed by atoms with Crippen LogP contribution in [0, 0.1) is 6.92 Å². The zero-order chi connectivity index (χ0) is 20.4. The molecule has 0 fully saturated rings. The van der Waals surface area contributed by atoms with Crippen LogP contribution in [0.5, 0.6) is 5.75 Å². The van der Waals surface area contributed by atoms with Crippen LogP contribution in [0.15, 0.2) is 60.8 Å². The quantitative estimate of drug-likeness (QED) is 0.673. The number of carbonyl (C=O) groups is 2. The molecule has 0 saturated heterocycles. The lowest BCUT2D eigenvalue weighted by molar-refractivity contribution is 0.0932. The Hall–Kier alpha value is -3.47. The minimum atomic E-state index is -0.159. The van der Waals surface area contributed by atoms with Crippen molar-refractivity contribution >= 4 is 11.7 Å². The Morgan fingerprint density at radius 1 is 1.14 bits per heavy atom. The van der Waals surface area contributed by atoms with Gasteiger partial charge in [-0.3, -0.25) is 14.6 Å². The van der Waals surface area contributed by atoms with E-state index in [1.165, 1.54) is 0 Å². The standard InChI is InChI=1S/C24H22N2O3/c1-15-7-8-18(13-25-15)24(28)26-14-20-12-19-11-17(9-10-23(19)29-20)22-6-4-3-5-21(22)16(2)27/h3-11,13,20H,12,14H2,1-2H3,(H,26,28)/t20-/m0/s1. The molecular weight excluding hydrogens is 364 g/mol. The lowest BCUT2D eigenvalue weighted by atomic mass is 9.95. The molecule has 1 aliphatic rings. The van der Waals surface area contributed by atoms with Crippen molar-refractivity contribution in [2.45, 2.75) is 26.4 Å². The van der Waals surface area contributed by atoms with Gasteiger partial charge in [-0.25, -0.2) is 0 Å². The summed E-state index contributed by atoms with van der Waals surface area (Å²) < 4.78 is 5.98. The van der Waals surface area contributed by atoms with E-state index in [1.807, 2.05) is 49.4 Å². The largest absolute Gasteiger partial charge is 0.488 e. The molecule has 0 aliphatic carbocycles. The Morgan fingerprint density at radius 2 is 1.97 bits per heavy atom. The van der Waals surface area contributed by atoms with E-state index < -0.39 is 0 Å². The van der Waals surface area contributed by atoms with Gasteiger partial charge in [0.1, 0.15) is 11.9 Å². The SMILES string of the molecule is CC(=O)c1ccccc1-c1ccc2c(c1)C[C@@H](CNC(=O)c1ccc(C)nc1)O2. The number of nitrogens with one attached hydrogen (secondary N) is 1. The molecule has 1 aliphatic heterocycles. The van der Waals surface area contributed by atoms with Crippen LogP contribution in [0.1, 0.15) is 38.9 Å². The van der Waals surface area contributed by atoms with Gasteiger partial charge < -0.3 is 10.1 Å². The van der Waals surface area contributed by atoms with E-state index in [0.717, 1.165) is 28.1 Å². The number of benzene rings is 2. The highest BCUT2D eigenvalue weighted by atomic mass is 16.5. The Morgan fingerprint density at radius 3 is 2.72 bits per heavy atom. The van der Waals surface area contributed by atoms with E-state index in [9.17, 15) is 9.59 Å². The number of Topliss-reactive ketones (excluding diaryl/α,β-unsaturated/α-hetero) is 1. The molecule has 1 atom stereocenters. The smallest absolute Gasteiger partial charge is 0.252 e. The van der Waals surface area contributed by atoms with Gasteiger partial charge in [-0.05, 0) is 54.8 Å². The molecule has 0 unspecified atom stereocenters. The molecule has 146 valence electrons. The molecule has 0 saturated carbocycles. The van der Waals surface area contributed by atoms with Crippen molar-refractivity contribution in [1.82, 2.24) is 10.3 Å². The van der Waals surface area contributed by atoms with Gasteiger partial charge in [0.2, 0.25) is 0 Å². The maximum atomic E-state index is 12.3. The van der Waals surface area contributed by atoms with Crippen molar-refractivity contribution in [3.63, 3.8) is 0 Å². The first kappa shape index (κ1) is 18.9. The number of amides is 1. The van der Waals surface area contributed by atoms with Crippen LogP contribution in [0.4, 0.5) is 0 Å². The van der Waals surface area contributed by atoms with Gasteiger partial charge in [0, 0.05) is 23.9 Å². The third-order valence-corrected chi connectivity index (χ3v) is 5.08. The Bertz CT molecular complexity index is 1070. The van der Waals surface area contributed by atoms with Gasteiger partial charge in [-0.2, -0.15) is 0 Å². The molecule has 0 radical (unpaired) electrons. The van der Waals surface area contributed by atoms with Crippen LogP contribution in [0.25, 0.3) is 11.1 Å². The number of pyridine rings is 1. The monoisotopic (exact) mass is 386 g/mol. The molecular formula is C24H22N2O3. The summed E-state index contributed by atoms with van der Waals surface area (Å²) in [7, 11) is 0. The maximum absolute atomic E-state index is 12.3. The summed E-state index contributed by atoms with van der Waals surface area (Å²) in [5, 5.41) is 2.92. The van der Waals surface area contributed by atoms with Crippen molar-refractivity contribution in [1.29, 1.82) is 0 Å². The first-order chi connectivity index (χ1) is 14.0. The molecule has 29 heavy (non-hydrogen) atoms. The Balaban J connectivity index is 1.45. The van der Waals surface area contributed by atoms with Crippen LogP contribution in [-0.4, -0.2) is 29.3 Å². The van der Waals surface area contributed by atoms with Crippen molar-refractivity contribution in [3.05, 3.63) is 83.2 Å². The third kappa shape index (κ3) is 4.04. The van der Waals surface area contributed by atoms with Gasteiger partial charge >= 0.3 is 0 Å². The maximum Gasteiger partial charge on any atom is 0.252 e. The van der Waals surface area contributed by atoms with E-state index >= 15 is 0 Å². The highest BCUT2D eigenvalue weighted by Gasteiger charge is 2.24. The van der Waals surface area contributed by atoms with Crippen LogP contribution in [0.2, 0.25) is 0 Å². The first-order valence-corrected chi connectivity index (χ1v) is 9.62. The van der Waals surface area contributed by atoms with Crippen LogP contribution in [-0.2, 0) is 6.42 Å². The van der Waals surface area contributed by atoms with E-state index in [-0.39, 0.29) is 17.8 Å². The van der Waals surface area contributed by atoms with E-state index in [4.69, 9.17) is 4.74 Å². The predicted octanol–water partition coefficient (Wildman–Crippen LogP) is 3.99. The average Bonchev–Trinajstić information content (AvgIpc) is 3.14. The zero-order valence-corrected chi connectivity index (χ0v) is 16.4. The second-order valence-electron chi connectivity index (χ2n) is 7.27. The highest BCUT2D eigenvalue weighted by Crippen LogP contribution is 2.34. The molecule has 2 aromatic carbocycles. The number of rotatable bonds is 5. The molecule has 1 N–H and O–H groups in total. The summed E-state index contributed by atoms with van der Waals surface area (Å²) in [5.41, 5.74) is 5.12. The Labute approximate surface area is 169 Å². The van der Waals surface area contributed by atoms with Gasteiger partial charge in [0.15, 0.2) is 5.78 Å². The van der Waals surface area contributed by atoms with Gasteiger partial charge in [-0.15, -0.1) is 0 Å². The van der Waals surface area contributed by atoms with E-state index in [1.54, 1.807) is 19.2 Å². The van der Waals surface area contributed by atoms with Crippen LogP contribution in [0.3, 0.4) is 0 Å². The summed E-state index contributed by atoms with van der Waals surface area (Å²) in [6.07, 6.45) is 2.16. The molecule has 4 rings (SSSR count). The Kier molecular flexibility index (Phi) is 5.12. The molecule has 2 heterocycles. The highest BCUT2D eigenvalue weighted by molar-refractivity contribution is 6.00. The van der Waals surface area contributed by atoms with Gasteiger partial charge in [0.05, 0.1) is 12.1 Å². The number of aryl methyl sites for hydroxylation is 1. The van der Waals surface area contributed by atoms with Crippen LogP contribution < -0.4 is 10.1 Å². The fraction of sp³-hybridized carbons (Fsp3) is 0.208. The van der Waals surface area contributed by atoms with Gasteiger partial charge in [-0.1, -0.05) is 30.3 Å². The summed E-state index contributed by atoms with van der Waals surface area (Å²) in [4.78, 5) is 28.4. The van der Waals surface area contributed by atoms with Gasteiger partial charge in [0.25, 0.3) is 5.91 Å². The van der Waals surface area contributed by atoms with Crippen molar-refractivity contribution in [2.24, 2.45) is 0 Å². The number of aromatic nitrogens is 1. The first-order valence-electron chi connectivity index (χ1n) is 9.62. The topological polar surface area (TPSA) is 68.3 Å². The van der Waals surface area contributed by atoms with E-state index in [2.05, 4.69) is 16.4 Å². The molecule has 5 nitrogen and oxygen atoms in total. The number of ether oxygens (including phenoxy) is 1. The number of nitrogens with zero attached hydrogens (tertiary/aromatic N) is 1. The number of hydrogen-bond donors (Lipinski definition) is 1. The second-order valence-corrected chi connectivity index (χ2v) is 7.27. The number of fused-ring (bicyclic) bond motifs is 1. The summed E-state index contributed by atoms with van der Waals surface area (Å²) in [5.74, 6) is 0.710. The second kappa shape index (κ2) is 7.87. The zero-order valence-electron chi connectivity index (χ0n) is 16.4. The van der Waals surface area contributed by atoms with Crippen molar-refractivity contribution in [3.8, 4) is 16.9 Å². The molecule has 5 heteroatoms. The van der Waals surface area contributed by atoms with Crippen molar-refractivity contribution < 1.29 is 14.3 Å². The lowest BCUT2D eigenvalue weighted by Crippen LogP contribution is -2.34. The van der Waals surface area contributed by atoms with E-state index in [0.29, 0.717) is 24.1 Å². The fourth-order valence-electron chi connectivity index (χ4n) is 3.55.